The van der Waals surface area contributed by atoms with Crippen molar-refractivity contribution in [2.24, 2.45) is 7.05 Å². The second-order valence-electron chi connectivity index (χ2n) is 6.46. The molecule has 0 spiro atoms. The first kappa shape index (κ1) is 19.9. The number of hydrogen-bond donors (Lipinski definition) is 2. The maximum atomic E-state index is 12.9. The molecule has 0 saturated carbocycles. The standard InChI is InChI=1S/C21H19FN4O3/c1-12-17(19(27)21(29)25-16-10-9-14(22)11-23-16)13(2)26(3)18(12)20(28)24-15-7-5-4-6-8-15/h4-11H,1-3H3,(H,24,28)(H,23,25,29). The van der Waals surface area contributed by atoms with Crippen LogP contribution in [0.25, 0.3) is 0 Å². The number of Topliss-reactive ketones (excluding diaryl/α,β-unsaturated/α-hetero) is 1. The van der Waals surface area contributed by atoms with Gasteiger partial charge in [-0.05, 0) is 43.7 Å². The van der Waals surface area contributed by atoms with E-state index in [-0.39, 0.29) is 23.0 Å². The fourth-order valence-corrected chi connectivity index (χ4v) is 3.08. The summed E-state index contributed by atoms with van der Waals surface area (Å²) in [7, 11) is 1.65. The van der Waals surface area contributed by atoms with Gasteiger partial charge in [-0.25, -0.2) is 9.37 Å². The molecule has 0 unspecified atom stereocenters. The number of nitrogens with one attached hydrogen (secondary N) is 2. The summed E-state index contributed by atoms with van der Waals surface area (Å²) in [5.41, 5.74) is 1.91. The number of rotatable bonds is 5. The van der Waals surface area contributed by atoms with Gasteiger partial charge >= 0.3 is 0 Å². The normalized spacial score (nSPS) is 10.5. The third-order valence-corrected chi connectivity index (χ3v) is 4.58. The average molecular weight is 394 g/mol. The van der Waals surface area contributed by atoms with Gasteiger partial charge in [-0.15, -0.1) is 0 Å². The number of halogens is 1. The van der Waals surface area contributed by atoms with Crippen LogP contribution < -0.4 is 10.6 Å². The number of amides is 2. The monoisotopic (exact) mass is 394 g/mol. The number of carbonyl (C=O) groups is 3. The zero-order chi connectivity index (χ0) is 21.1. The van der Waals surface area contributed by atoms with E-state index in [0.717, 1.165) is 12.3 Å². The van der Waals surface area contributed by atoms with Gasteiger partial charge in [0, 0.05) is 18.4 Å². The lowest BCUT2D eigenvalue weighted by molar-refractivity contribution is -0.112. The van der Waals surface area contributed by atoms with Crippen molar-refractivity contribution in [2.75, 3.05) is 10.6 Å². The quantitative estimate of drug-likeness (QED) is 0.513. The number of benzene rings is 1. The van der Waals surface area contributed by atoms with Crippen molar-refractivity contribution in [3.8, 4) is 0 Å². The van der Waals surface area contributed by atoms with Gasteiger partial charge in [0.2, 0.25) is 0 Å². The molecule has 0 saturated heterocycles. The van der Waals surface area contributed by atoms with Gasteiger partial charge in [0.1, 0.15) is 17.3 Å². The lowest BCUT2D eigenvalue weighted by atomic mass is 10.0. The molecule has 8 heteroatoms. The second kappa shape index (κ2) is 8.05. The number of nitrogens with zero attached hydrogens (tertiary/aromatic N) is 2. The Morgan fingerprint density at radius 1 is 1.00 bits per heavy atom. The molecule has 2 aromatic heterocycles. The predicted octanol–water partition coefficient (Wildman–Crippen LogP) is 3.25. The van der Waals surface area contributed by atoms with Crippen molar-refractivity contribution in [3.63, 3.8) is 0 Å². The van der Waals surface area contributed by atoms with Crippen LogP contribution in [0.5, 0.6) is 0 Å². The van der Waals surface area contributed by atoms with Crippen LogP contribution >= 0.6 is 0 Å². The maximum absolute atomic E-state index is 12.9. The Morgan fingerprint density at radius 2 is 1.69 bits per heavy atom. The average Bonchev–Trinajstić information content (AvgIpc) is 2.92. The first-order valence-corrected chi connectivity index (χ1v) is 8.79. The number of para-hydroxylation sites is 1. The number of anilines is 2. The summed E-state index contributed by atoms with van der Waals surface area (Å²) in [6.45, 7) is 3.27. The molecule has 0 aliphatic carbocycles. The summed E-state index contributed by atoms with van der Waals surface area (Å²) >= 11 is 0. The summed E-state index contributed by atoms with van der Waals surface area (Å²) in [5, 5.41) is 5.12. The Morgan fingerprint density at radius 3 is 2.31 bits per heavy atom. The first-order chi connectivity index (χ1) is 13.8. The van der Waals surface area contributed by atoms with Crippen molar-refractivity contribution in [2.45, 2.75) is 13.8 Å². The van der Waals surface area contributed by atoms with Crippen LogP contribution in [0.15, 0.2) is 48.7 Å². The van der Waals surface area contributed by atoms with E-state index in [1.807, 2.05) is 6.07 Å². The molecular formula is C21H19FN4O3. The van der Waals surface area contributed by atoms with Crippen molar-refractivity contribution in [1.82, 2.24) is 9.55 Å². The fraction of sp³-hybridized carbons (Fsp3) is 0.143. The zero-order valence-electron chi connectivity index (χ0n) is 16.1. The highest BCUT2D eigenvalue weighted by atomic mass is 19.1. The molecule has 0 aliphatic heterocycles. The van der Waals surface area contributed by atoms with Gasteiger partial charge in [-0.1, -0.05) is 18.2 Å². The van der Waals surface area contributed by atoms with Crippen LogP contribution in [0, 0.1) is 19.7 Å². The number of ketones is 1. The number of carbonyl (C=O) groups excluding carboxylic acids is 3. The SMILES string of the molecule is Cc1c(C(=O)C(=O)Nc2ccc(F)cn2)c(C)n(C)c1C(=O)Nc1ccccc1. The summed E-state index contributed by atoms with van der Waals surface area (Å²) in [6, 6.07) is 11.3. The number of pyridine rings is 1. The van der Waals surface area contributed by atoms with E-state index in [0.29, 0.717) is 16.9 Å². The molecule has 1 aromatic carbocycles. The van der Waals surface area contributed by atoms with Gasteiger partial charge < -0.3 is 15.2 Å². The van der Waals surface area contributed by atoms with E-state index in [9.17, 15) is 18.8 Å². The molecule has 3 rings (SSSR count). The van der Waals surface area contributed by atoms with Crippen LogP contribution in [0.3, 0.4) is 0 Å². The van der Waals surface area contributed by atoms with Crippen molar-refractivity contribution >= 4 is 29.1 Å². The predicted molar refractivity (Wildman–Crippen MR) is 106 cm³/mol. The molecule has 0 radical (unpaired) electrons. The van der Waals surface area contributed by atoms with Crippen LogP contribution in [-0.4, -0.2) is 27.1 Å². The fourth-order valence-electron chi connectivity index (χ4n) is 3.08. The summed E-state index contributed by atoms with van der Waals surface area (Å²) in [6.07, 6.45) is 0.936. The Bertz CT molecular complexity index is 1090. The van der Waals surface area contributed by atoms with Crippen LogP contribution in [0.4, 0.5) is 15.9 Å². The van der Waals surface area contributed by atoms with Gasteiger partial charge in [0.15, 0.2) is 0 Å². The summed E-state index contributed by atoms with van der Waals surface area (Å²) in [5.74, 6) is -2.62. The van der Waals surface area contributed by atoms with Crippen LogP contribution in [0.1, 0.15) is 32.1 Å². The Labute approximate surface area is 166 Å². The van der Waals surface area contributed by atoms with Gasteiger partial charge in [0.05, 0.1) is 11.8 Å². The molecule has 0 aliphatic rings. The topological polar surface area (TPSA) is 93.1 Å². The molecule has 0 fully saturated rings. The Hall–Kier alpha value is -3.81. The van der Waals surface area contributed by atoms with Gasteiger partial charge in [0.25, 0.3) is 17.6 Å². The Balaban J connectivity index is 1.87. The highest BCUT2D eigenvalue weighted by Gasteiger charge is 2.28. The van der Waals surface area contributed by atoms with E-state index < -0.39 is 17.5 Å². The minimum atomic E-state index is -0.920. The van der Waals surface area contributed by atoms with E-state index in [1.165, 1.54) is 6.07 Å². The molecule has 7 nitrogen and oxygen atoms in total. The molecule has 148 valence electrons. The molecule has 2 heterocycles. The van der Waals surface area contributed by atoms with Crippen LogP contribution in [0.2, 0.25) is 0 Å². The largest absolute Gasteiger partial charge is 0.343 e. The number of aromatic nitrogens is 2. The molecule has 0 bridgehead atoms. The number of hydrogen-bond acceptors (Lipinski definition) is 4. The van der Waals surface area contributed by atoms with Crippen LogP contribution in [-0.2, 0) is 11.8 Å². The molecule has 2 N–H and O–H groups in total. The van der Waals surface area contributed by atoms with Gasteiger partial charge in [-0.3, -0.25) is 14.4 Å². The van der Waals surface area contributed by atoms with Crippen molar-refractivity contribution in [1.29, 1.82) is 0 Å². The first-order valence-electron chi connectivity index (χ1n) is 8.79. The van der Waals surface area contributed by atoms with E-state index in [1.54, 1.807) is 49.7 Å². The van der Waals surface area contributed by atoms with Crippen molar-refractivity contribution in [3.05, 3.63) is 77.0 Å². The lowest BCUT2D eigenvalue weighted by Crippen LogP contribution is -2.24. The Kier molecular flexibility index (Phi) is 5.54. The third kappa shape index (κ3) is 4.06. The second-order valence-corrected chi connectivity index (χ2v) is 6.46. The minimum Gasteiger partial charge on any atom is -0.343 e. The third-order valence-electron chi connectivity index (χ3n) is 4.58. The molecular weight excluding hydrogens is 375 g/mol. The molecule has 2 amide bonds. The highest BCUT2D eigenvalue weighted by Crippen LogP contribution is 2.23. The molecule has 0 atom stereocenters. The molecule has 29 heavy (non-hydrogen) atoms. The molecule has 3 aromatic rings. The van der Waals surface area contributed by atoms with Crippen molar-refractivity contribution < 1.29 is 18.8 Å². The maximum Gasteiger partial charge on any atom is 0.297 e. The summed E-state index contributed by atoms with van der Waals surface area (Å²) < 4.78 is 14.5. The van der Waals surface area contributed by atoms with E-state index >= 15 is 0 Å². The van der Waals surface area contributed by atoms with Gasteiger partial charge in [-0.2, -0.15) is 0 Å². The summed E-state index contributed by atoms with van der Waals surface area (Å²) in [4.78, 5) is 41.6. The lowest BCUT2D eigenvalue weighted by Gasteiger charge is -2.08. The van der Waals surface area contributed by atoms with E-state index in [2.05, 4.69) is 15.6 Å². The minimum absolute atomic E-state index is 0.0537. The smallest absolute Gasteiger partial charge is 0.297 e. The highest BCUT2D eigenvalue weighted by molar-refractivity contribution is 6.47. The zero-order valence-corrected chi connectivity index (χ0v) is 16.1. The van der Waals surface area contributed by atoms with E-state index in [4.69, 9.17) is 0 Å².